The molecule has 19 heavy (non-hydrogen) atoms. The summed E-state index contributed by atoms with van der Waals surface area (Å²) >= 11 is 0. The van der Waals surface area contributed by atoms with E-state index in [1.165, 1.54) is 0 Å². The molecule has 1 aromatic rings. The van der Waals surface area contributed by atoms with E-state index in [-0.39, 0.29) is 11.9 Å². The number of anilines is 1. The number of rotatable bonds is 6. The Kier molecular flexibility index (Phi) is 5.87. The zero-order valence-corrected chi connectivity index (χ0v) is 12.5. The molecule has 0 unspecified atom stereocenters. The molecule has 3 heteroatoms. The first-order chi connectivity index (χ1) is 9.01. The lowest BCUT2D eigenvalue weighted by Crippen LogP contribution is -2.42. The van der Waals surface area contributed by atoms with E-state index in [1.54, 1.807) is 6.07 Å². The summed E-state index contributed by atoms with van der Waals surface area (Å²) in [4.78, 5) is 14.7. The molecule has 0 saturated carbocycles. The van der Waals surface area contributed by atoms with E-state index < -0.39 is 0 Å². The van der Waals surface area contributed by atoms with E-state index in [0.717, 1.165) is 19.4 Å². The van der Waals surface area contributed by atoms with Crippen LogP contribution in [-0.4, -0.2) is 23.4 Å². The van der Waals surface area contributed by atoms with Gasteiger partial charge < -0.3 is 10.6 Å². The number of nitrogens with two attached hydrogens (primary N) is 1. The van der Waals surface area contributed by atoms with Gasteiger partial charge in [-0.15, -0.1) is 0 Å². The van der Waals surface area contributed by atoms with Crippen LogP contribution >= 0.6 is 0 Å². The summed E-state index contributed by atoms with van der Waals surface area (Å²) in [5, 5.41) is 0. The second-order valence-corrected chi connectivity index (χ2v) is 5.41. The molecule has 2 N–H and O–H groups in total. The van der Waals surface area contributed by atoms with Crippen molar-refractivity contribution >= 4 is 11.6 Å². The predicted molar refractivity (Wildman–Crippen MR) is 81.1 cm³/mol. The molecule has 0 aliphatic carbocycles. The van der Waals surface area contributed by atoms with Gasteiger partial charge in [0.15, 0.2) is 0 Å². The molecule has 0 fully saturated rings. The third kappa shape index (κ3) is 3.98. The molecule has 0 aliphatic rings. The molecule has 0 spiro atoms. The Hall–Kier alpha value is -1.51. The van der Waals surface area contributed by atoms with Crippen molar-refractivity contribution in [3.05, 3.63) is 29.8 Å². The summed E-state index contributed by atoms with van der Waals surface area (Å²) in [7, 11) is 0. The molecule has 0 saturated heterocycles. The summed E-state index contributed by atoms with van der Waals surface area (Å²) in [6.45, 7) is 9.31. The minimum atomic E-state index is 0.0560. The highest BCUT2D eigenvalue weighted by atomic mass is 16.2. The maximum absolute atomic E-state index is 12.7. The van der Waals surface area contributed by atoms with Crippen LogP contribution in [0.1, 0.15) is 50.9 Å². The number of hydrogen-bond acceptors (Lipinski definition) is 2. The number of nitrogen functional groups attached to an aromatic ring is 1. The molecule has 0 aliphatic heterocycles. The Bertz CT molecular complexity index is 411. The van der Waals surface area contributed by atoms with Gasteiger partial charge in [-0.3, -0.25) is 4.79 Å². The first kappa shape index (κ1) is 15.5. The Labute approximate surface area is 116 Å². The largest absolute Gasteiger partial charge is 0.398 e. The topological polar surface area (TPSA) is 46.3 Å². The monoisotopic (exact) mass is 262 g/mol. The minimum Gasteiger partial charge on any atom is -0.398 e. The normalized spacial score (nSPS) is 11.1. The number of para-hydroxylation sites is 1. The van der Waals surface area contributed by atoms with Crippen LogP contribution in [0.4, 0.5) is 5.69 Å². The van der Waals surface area contributed by atoms with Crippen LogP contribution in [0.3, 0.4) is 0 Å². The lowest BCUT2D eigenvalue weighted by molar-refractivity contribution is 0.0641. The Balaban J connectivity index is 3.03. The highest BCUT2D eigenvalue weighted by molar-refractivity contribution is 5.99. The molecule has 1 rings (SSSR count). The van der Waals surface area contributed by atoms with Crippen LogP contribution in [0.15, 0.2) is 24.3 Å². The van der Waals surface area contributed by atoms with Gasteiger partial charge in [-0.05, 0) is 30.9 Å². The smallest absolute Gasteiger partial charge is 0.256 e. The van der Waals surface area contributed by atoms with Crippen molar-refractivity contribution in [1.82, 2.24) is 4.90 Å². The standard InChI is InChI=1S/C16H26N2O/c1-5-13(6-2)18(11-12(3)4)16(19)14-9-7-8-10-15(14)17/h7-10,12-13H,5-6,11,17H2,1-4H3. The van der Waals surface area contributed by atoms with Crippen molar-refractivity contribution in [2.24, 2.45) is 5.92 Å². The van der Waals surface area contributed by atoms with Crippen molar-refractivity contribution in [2.45, 2.75) is 46.6 Å². The Morgan fingerprint density at radius 1 is 1.21 bits per heavy atom. The minimum absolute atomic E-state index is 0.0560. The van der Waals surface area contributed by atoms with Crippen molar-refractivity contribution in [2.75, 3.05) is 12.3 Å². The summed E-state index contributed by atoms with van der Waals surface area (Å²) in [6.07, 6.45) is 1.95. The molecular weight excluding hydrogens is 236 g/mol. The number of carbonyl (C=O) groups is 1. The van der Waals surface area contributed by atoms with Gasteiger partial charge in [0.1, 0.15) is 0 Å². The predicted octanol–water partition coefficient (Wildman–Crippen LogP) is 3.56. The van der Waals surface area contributed by atoms with Crippen molar-refractivity contribution in [3.63, 3.8) is 0 Å². The fraction of sp³-hybridized carbons (Fsp3) is 0.562. The van der Waals surface area contributed by atoms with E-state index in [0.29, 0.717) is 17.2 Å². The van der Waals surface area contributed by atoms with Crippen LogP contribution < -0.4 is 5.73 Å². The van der Waals surface area contributed by atoms with Gasteiger partial charge in [0, 0.05) is 18.3 Å². The quantitative estimate of drug-likeness (QED) is 0.797. The Morgan fingerprint density at radius 3 is 2.26 bits per heavy atom. The second-order valence-electron chi connectivity index (χ2n) is 5.41. The molecule has 0 bridgehead atoms. The highest BCUT2D eigenvalue weighted by Gasteiger charge is 2.24. The van der Waals surface area contributed by atoms with Crippen molar-refractivity contribution in [3.8, 4) is 0 Å². The second kappa shape index (κ2) is 7.17. The lowest BCUT2D eigenvalue weighted by atomic mass is 10.0. The number of hydrogen-bond donors (Lipinski definition) is 1. The van der Waals surface area contributed by atoms with Gasteiger partial charge in [-0.2, -0.15) is 0 Å². The SMILES string of the molecule is CCC(CC)N(CC(C)C)C(=O)c1ccccc1N. The van der Waals surface area contributed by atoms with E-state index in [1.807, 2.05) is 23.1 Å². The molecule has 1 aromatic carbocycles. The van der Waals surface area contributed by atoms with Crippen LogP contribution in [0, 0.1) is 5.92 Å². The number of nitrogens with zero attached hydrogens (tertiary/aromatic N) is 1. The molecule has 1 amide bonds. The van der Waals surface area contributed by atoms with Crippen molar-refractivity contribution in [1.29, 1.82) is 0 Å². The molecular formula is C16H26N2O. The van der Waals surface area contributed by atoms with E-state index in [4.69, 9.17) is 5.73 Å². The van der Waals surface area contributed by atoms with Gasteiger partial charge in [0.05, 0.1) is 5.56 Å². The fourth-order valence-corrected chi connectivity index (χ4v) is 2.37. The molecule has 0 heterocycles. The molecule has 3 nitrogen and oxygen atoms in total. The molecule has 106 valence electrons. The molecule has 0 atom stereocenters. The Morgan fingerprint density at radius 2 is 1.79 bits per heavy atom. The van der Waals surface area contributed by atoms with E-state index in [2.05, 4.69) is 27.7 Å². The fourth-order valence-electron chi connectivity index (χ4n) is 2.37. The van der Waals surface area contributed by atoms with E-state index in [9.17, 15) is 4.79 Å². The van der Waals surface area contributed by atoms with Gasteiger partial charge in [-0.25, -0.2) is 0 Å². The summed E-state index contributed by atoms with van der Waals surface area (Å²) < 4.78 is 0. The maximum atomic E-state index is 12.7. The third-order valence-electron chi connectivity index (χ3n) is 3.40. The van der Waals surface area contributed by atoms with Crippen LogP contribution in [0.2, 0.25) is 0 Å². The van der Waals surface area contributed by atoms with Gasteiger partial charge in [-0.1, -0.05) is 39.8 Å². The molecule has 0 aromatic heterocycles. The summed E-state index contributed by atoms with van der Waals surface area (Å²) in [6, 6.07) is 7.61. The zero-order valence-electron chi connectivity index (χ0n) is 12.5. The first-order valence-corrected chi connectivity index (χ1v) is 7.16. The van der Waals surface area contributed by atoms with Gasteiger partial charge in [0.25, 0.3) is 5.91 Å². The van der Waals surface area contributed by atoms with Crippen LogP contribution in [0.5, 0.6) is 0 Å². The third-order valence-corrected chi connectivity index (χ3v) is 3.40. The average Bonchev–Trinajstić information content (AvgIpc) is 2.38. The zero-order chi connectivity index (χ0) is 14.4. The highest BCUT2D eigenvalue weighted by Crippen LogP contribution is 2.19. The van der Waals surface area contributed by atoms with Crippen molar-refractivity contribution < 1.29 is 4.79 Å². The maximum Gasteiger partial charge on any atom is 0.256 e. The van der Waals surface area contributed by atoms with Crippen LogP contribution in [0.25, 0.3) is 0 Å². The van der Waals surface area contributed by atoms with Crippen LogP contribution in [-0.2, 0) is 0 Å². The number of carbonyl (C=O) groups excluding carboxylic acids is 1. The number of amides is 1. The van der Waals surface area contributed by atoms with Gasteiger partial charge in [0.2, 0.25) is 0 Å². The molecule has 0 radical (unpaired) electrons. The summed E-state index contributed by atoms with van der Waals surface area (Å²) in [5.41, 5.74) is 7.11. The first-order valence-electron chi connectivity index (χ1n) is 7.16. The number of benzene rings is 1. The van der Waals surface area contributed by atoms with E-state index >= 15 is 0 Å². The average molecular weight is 262 g/mol. The lowest BCUT2D eigenvalue weighted by Gasteiger charge is -2.32. The van der Waals surface area contributed by atoms with Gasteiger partial charge >= 0.3 is 0 Å². The summed E-state index contributed by atoms with van der Waals surface area (Å²) in [5.74, 6) is 0.509.